The van der Waals surface area contributed by atoms with Crippen molar-refractivity contribution in [3.8, 4) is 0 Å². The van der Waals surface area contributed by atoms with Crippen LogP contribution in [0.2, 0.25) is 0 Å². The van der Waals surface area contributed by atoms with Gasteiger partial charge in [-0.25, -0.2) is 4.79 Å². The van der Waals surface area contributed by atoms with Crippen LogP contribution in [0.15, 0.2) is 30.3 Å². The fourth-order valence-corrected chi connectivity index (χ4v) is 2.01. The minimum absolute atomic E-state index is 0.0163. The van der Waals surface area contributed by atoms with E-state index in [0.717, 1.165) is 24.8 Å². The lowest BCUT2D eigenvalue weighted by atomic mass is 9.84. The summed E-state index contributed by atoms with van der Waals surface area (Å²) in [6.07, 6.45) is 3.15. The number of amides is 1. The molecule has 0 heterocycles. The van der Waals surface area contributed by atoms with Crippen LogP contribution in [0, 0.1) is 5.92 Å². The maximum absolute atomic E-state index is 11.8. The van der Waals surface area contributed by atoms with Gasteiger partial charge in [-0.1, -0.05) is 36.8 Å². The minimum atomic E-state index is -0.980. The predicted molar refractivity (Wildman–Crippen MR) is 67.1 cm³/mol. The fraction of sp³-hybridized carbons (Fsp3) is 0.429. The number of benzene rings is 1. The number of carbonyl (C=O) groups excluding carboxylic acids is 1. The molecule has 1 atom stereocenters. The van der Waals surface area contributed by atoms with Crippen molar-refractivity contribution in [2.24, 2.45) is 5.92 Å². The maximum Gasteiger partial charge on any atom is 0.326 e. The van der Waals surface area contributed by atoms with E-state index in [-0.39, 0.29) is 11.8 Å². The molecule has 1 fully saturated rings. The predicted octanol–water partition coefficient (Wildman–Crippen LogP) is 1.60. The van der Waals surface area contributed by atoms with Gasteiger partial charge in [0.05, 0.1) is 0 Å². The molecule has 0 aliphatic heterocycles. The molecule has 0 aromatic heterocycles. The molecule has 4 nitrogen and oxygen atoms in total. The summed E-state index contributed by atoms with van der Waals surface area (Å²) in [5.74, 6) is -1.08. The topological polar surface area (TPSA) is 66.4 Å². The van der Waals surface area contributed by atoms with E-state index in [4.69, 9.17) is 5.11 Å². The number of aliphatic carboxylic acids is 1. The molecule has 96 valence electrons. The monoisotopic (exact) mass is 247 g/mol. The van der Waals surface area contributed by atoms with Crippen LogP contribution in [-0.4, -0.2) is 23.0 Å². The van der Waals surface area contributed by atoms with E-state index in [9.17, 15) is 9.59 Å². The van der Waals surface area contributed by atoms with Crippen molar-refractivity contribution in [1.29, 1.82) is 0 Å². The molecule has 1 aromatic carbocycles. The van der Waals surface area contributed by atoms with E-state index < -0.39 is 12.0 Å². The van der Waals surface area contributed by atoms with Crippen LogP contribution in [0.1, 0.15) is 24.8 Å². The Morgan fingerprint density at radius 2 is 1.94 bits per heavy atom. The van der Waals surface area contributed by atoms with Gasteiger partial charge in [-0.05, 0) is 18.4 Å². The van der Waals surface area contributed by atoms with Crippen LogP contribution in [-0.2, 0) is 16.0 Å². The van der Waals surface area contributed by atoms with Crippen molar-refractivity contribution in [2.75, 3.05) is 0 Å². The van der Waals surface area contributed by atoms with Gasteiger partial charge in [0, 0.05) is 12.3 Å². The second-order valence-corrected chi connectivity index (χ2v) is 4.72. The third kappa shape index (κ3) is 3.09. The number of carboxylic acid groups (broad SMARTS) is 1. The minimum Gasteiger partial charge on any atom is -0.480 e. The zero-order chi connectivity index (χ0) is 13.0. The van der Waals surface area contributed by atoms with Gasteiger partial charge in [-0.2, -0.15) is 0 Å². The average Bonchev–Trinajstić information content (AvgIpc) is 2.27. The molecule has 18 heavy (non-hydrogen) atoms. The van der Waals surface area contributed by atoms with Crippen molar-refractivity contribution in [3.05, 3.63) is 35.9 Å². The molecule has 4 heteroatoms. The highest BCUT2D eigenvalue weighted by molar-refractivity contribution is 5.85. The molecular weight excluding hydrogens is 230 g/mol. The lowest BCUT2D eigenvalue weighted by Crippen LogP contribution is -2.46. The summed E-state index contributed by atoms with van der Waals surface area (Å²) in [6.45, 7) is 0. The van der Waals surface area contributed by atoms with Crippen LogP contribution < -0.4 is 5.32 Å². The number of carboxylic acids is 1. The highest BCUT2D eigenvalue weighted by Crippen LogP contribution is 2.26. The number of nitrogens with one attached hydrogen (secondary N) is 1. The van der Waals surface area contributed by atoms with Crippen LogP contribution in [0.4, 0.5) is 0 Å². The SMILES string of the molecule is O=C(N[C@@H](Cc1ccccc1)C(=O)O)C1CCC1. The quantitative estimate of drug-likeness (QED) is 0.830. The zero-order valence-corrected chi connectivity index (χ0v) is 10.1. The maximum atomic E-state index is 11.8. The molecule has 2 N–H and O–H groups in total. The van der Waals surface area contributed by atoms with E-state index >= 15 is 0 Å². The molecule has 1 saturated carbocycles. The first kappa shape index (κ1) is 12.6. The van der Waals surface area contributed by atoms with Crippen molar-refractivity contribution in [2.45, 2.75) is 31.7 Å². The average molecular weight is 247 g/mol. The number of rotatable bonds is 5. The van der Waals surface area contributed by atoms with E-state index in [1.54, 1.807) is 0 Å². The Balaban J connectivity index is 1.95. The molecule has 0 radical (unpaired) electrons. The third-order valence-corrected chi connectivity index (χ3v) is 3.37. The van der Waals surface area contributed by atoms with Gasteiger partial charge >= 0.3 is 5.97 Å². The molecule has 1 aliphatic carbocycles. The summed E-state index contributed by atoms with van der Waals surface area (Å²) in [5, 5.41) is 11.8. The van der Waals surface area contributed by atoms with E-state index in [1.807, 2.05) is 30.3 Å². The molecule has 0 spiro atoms. The molecule has 2 rings (SSSR count). The summed E-state index contributed by atoms with van der Waals surface area (Å²) in [7, 11) is 0. The van der Waals surface area contributed by atoms with Crippen LogP contribution in [0.3, 0.4) is 0 Å². The lowest BCUT2D eigenvalue weighted by Gasteiger charge is -2.26. The Morgan fingerprint density at radius 3 is 2.44 bits per heavy atom. The zero-order valence-electron chi connectivity index (χ0n) is 10.1. The summed E-state index contributed by atoms with van der Waals surface area (Å²) >= 11 is 0. The summed E-state index contributed by atoms with van der Waals surface area (Å²) in [4.78, 5) is 22.9. The summed E-state index contributed by atoms with van der Waals surface area (Å²) < 4.78 is 0. The Bertz CT molecular complexity index is 426. The number of carbonyl (C=O) groups is 2. The van der Waals surface area contributed by atoms with Gasteiger partial charge < -0.3 is 10.4 Å². The molecular formula is C14H17NO3. The fourth-order valence-electron chi connectivity index (χ4n) is 2.01. The standard InChI is InChI=1S/C14H17NO3/c16-13(11-7-4-8-11)15-12(14(17)18)9-10-5-2-1-3-6-10/h1-3,5-6,11-12H,4,7-9H2,(H,15,16)(H,17,18)/t12-/m0/s1. The second kappa shape index (κ2) is 5.67. The first-order valence-electron chi connectivity index (χ1n) is 6.24. The first-order chi connectivity index (χ1) is 8.66. The number of hydrogen-bond donors (Lipinski definition) is 2. The molecule has 1 amide bonds. The molecule has 1 aliphatic rings. The van der Waals surface area contributed by atoms with Gasteiger partial charge in [0.25, 0.3) is 0 Å². The second-order valence-electron chi connectivity index (χ2n) is 4.72. The largest absolute Gasteiger partial charge is 0.480 e. The van der Waals surface area contributed by atoms with Crippen LogP contribution in [0.25, 0.3) is 0 Å². The van der Waals surface area contributed by atoms with Gasteiger partial charge in [-0.3, -0.25) is 4.79 Å². The lowest BCUT2D eigenvalue weighted by molar-refractivity contribution is -0.143. The smallest absolute Gasteiger partial charge is 0.326 e. The highest BCUT2D eigenvalue weighted by Gasteiger charge is 2.29. The first-order valence-corrected chi connectivity index (χ1v) is 6.24. The highest BCUT2D eigenvalue weighted by atomic mass is 16.4. The van der Waals surface area contributed by atoms with E-state index in [2.05, 4.69) is 5.32 Å². The van der Waals surface area contributed by atoms with E-state index in [0.29, 0.717) is 6.42 Å². The van der Waals surface area contributed by atoms with Crippen molar-refractivity contribution >= 4 is 11.9 Å². The normalized spacial score (nSPS) is 16.7. The number of hydrogen-bond acceptors (Lipinski definition) is 2. The molecule has 0 bridgehead atoms. The molecule has 0 unspecified atom stereocenters. The van der Waals surface area contributed by atoms with Gasteiger partial charge in [-0.15, -0.1) is 0 Å². The summed E-state index contributed by atoms with van der Waals surface area (Å²) in [5.41, 5.74) is 0.916. The Kier molecular flexibility index (Phi) is 3.97. The van der Waals surface area contributed by atoms with Crippen LogP contribution >= 0.6 is 0 Å². The molecule has 1 aromatic rings. The Morgan fingerprint density at radius 1 is 1.28 bits per heavy atom. The van der Waals surface area contributed by atoms with Crippen molar-refractivity contribution in [3.63, 3.8) is 0 Å². The van der Waals surface area contributed by atoms with Gasteiger partial charge in [0.2, 0.25) is 5.91 Å². The Labute approximate surface area is 106 Å². The van der Waals surface area contributed by atoms with Gasteiger partial charge in [0.1, 0.15) is 6.04 Å². The Hall–Kier alpha value is -1.84. The van der Waals surface area contributed by atoms with E-state index in [1.165, 1.54) is 0 Å². The molecule has 0 saturated heterocycles. The van der Waals surface area contributed by atoms with Crippen molar-refractivity contribution in [1.82, 2.24) is 5.32 Å². The third-order valence-electron chi connectivity index (χ3n) is 3.37. The van der Waals surface area contributed by atoms with Gasteiger partial charge in [0.15, 0.2) is 0 Å². The summed E-state index contributed by atoms with van der Waals surface area (Å²) in [6, 6.07) is 8.51. The van der Waals surface area contributed by atoms with Crippen LogP contribution in [0.5, 0.6) is 0 Å². The van der Waals surface area contributed by atoms with Crippen molar-refractivity contribution < 1.29 is 14.7 Å².